The standard InChI is InChI=1S/C10H9FN4O/c1-5-9(14-15-10(12)13-5)7-3-2-6(11)4-8(7)16/h2-4,16H,1H3,(H2,12,13,15). The number of halogens is 1. The molecular weight excluding hydrogens is 211 g/mol. The Hall–Kier alpha value is -2.24. The number of aryl methyl sites for hydroxylation is 1. The van der Waals surface area contributed by atoms with Crippen LogP contribution in [-0.4, -0.2) is 20.3 Å². The summed E-state index contributed by atoms with van der Waals surface area (Å²) in [5, 5.41) is 17.0. The number of phenols is 1. The third kappa shape index (κ3) is 1.77. The van der Waals surface area contributed by atoms with Gasteiger partial charge in [0, 0.05) is 11.6 Å². The number of nitrogens with zero attached hydrogens (tertiary/aromatic N) is 3. The van der Waals surface area contributed by atoms with Gasteiger partial charge in [0.2, 0.25) is 5.95 Å². The van der Waals surface area contributed by atoms with E-state index >= 15 is 0 Å². The molecule has 3 N–H and O–H groups in total. The van der Waals surface area contributed by atoms with Crippen LogP contribution in [-0.2, 0) is 0 Å². The van der Waals surface area contributed by atoms with Crippen LogP contribution in [0.15, 0.2) is 18.2 Å². The Morgan fingerprint density at radius 3 is 2.69 bits per heavy atom. The van der Waals surface area contributed by atoms with Crippen molar-refractivity contribution < 1.29 is 9.50 Å². The summed E-state index contributed by atoms with van der Waals surface area (Å²) in [4.78, 5) is 3.91. The maximum absolute atomic E-state index is 12.8. The van der Waals surface area contributed by atoms with Crippen LogP contribution in [0.25, 0.3) is 11.3 Å². The first-order valence-corrected chi connectivity index (χ1v) is 4.53. The van der Waals surface area contributed by atoms with Crippen LogP contribution >= 0.6 is 0 Å². The Morgan fingerprint density at radius 2 is 2.06 bits per heavy atom. The second-order valence-corrected chi connectivity index (χ2v) is 3.27. The molecule has 0 atom stereocenters. The van der Waals surface area contributed by atoms with E-state index < -0.39 is 5.82 Å². The number of aromatic nitrogens is 3. The SMILES string of the molecule is Cc1nc(N)nnc1-c1ccc(F)cc1O. The Labute approximate surface area is 90.8 Å². The Bertz CT molecular complexity index is 495. The minimum Gasteiger partial charge on any atom is -0.507 e. The summed E-state index contributed by atoms with van der Waals surface area (Å²) in [6.45, 7) is 1.68. The maximum Gasteiger partial charge on any atom is 0.240 e. The molecule has 0 unspecified atom stereocenters. The molecule has 0 aliphatic heterocycles. The van der Waals surface area contributed by atoms with Gasteiger partial charge in [-0.3, -0.25) is 0 Å². The zero-order valence-electron chi connectivity index (χ0n) is 8.48. The second kappa shape index (κ2) is 3.73. The van der Waals surface area contributed by atoms with E-state index in [-0.39, 0.29) is 11.7 Å². The topological polar surface area (TPSA) is 84.9 Å². The van der Waals surface area contributed by atoms with Crippen LogP contribution in [0.1, 0.15) is 5.69 Å². The van der Waals surface area contributed by atoms with Gasteiger partial charge in [-0.15, -0.1) is 10.2 Å². The van der Waals surface area contributed by atoms with Crippen molar-refractivity contribution in [1.29, 1.82) is 0 Å². The molecule has 1 aromatic heterocycles. The fraction of sp³-hybridized carbons (Fsp3) is 0.100. The Morgan fingerprint density at radius 1 is 1.31 bits per heavy atom. The molecule has 0 bridgehead atoms. The van der Waals surface area contributed by atoms with Crippen LogP contribution in [0, 0.1) is 12.7 Å². The average molecular weight is 220 g/mol. The number of hydrogen-bond acceptors (Lipinski definition) is 5. The molecule has 5 nitrogen and oxygen atoms in total. The van der Waals surface area contributed by atoms with Crippen molar-refractivity contribution in [2.75, 3.05) is 5.73 Å². The van der Waals surface area contributed by atoms with E-state index in [1.165, 1.54) is 12.1 Å². The molecule has 0 aliphatic carbocycles. The highest BCUT2D eigenvalue weighted by Crippen LogP contribution is 2.29. The first-order valence-electron chi connectivity index (χ1n) is 4.53. The van der Waals surface area contributed by atoms with E-state index in [1.807, 2.05) is 0 Å². The van der Waals surface area contributed by atoms with Crippen LogP contribution in [0.2, 0.25) is 0 Å². The number of hydrogen-bond donors (Lipinski definition) is 2. The Kier molecular flexibility index (Phi) is 2.40. The Balaban J connectivity index is 2.59. The van der Waals surface area contributed by atoms with Crippen molar-refractivity contribution in [1.82, 2.24) is 15.2 Å². The van der Waals surface area contributed by atoms with Crippen LogP contribution < -0.4 is 5.73 Å². The third-order valence-electron chi connectivity index (χ3n) is 2.09. The predicted molar refractivity (Wildman–Crippen MR) is 56.0 cm³/mol. The highest BCUT2D eigenvalue weighted by molar-refractivity contribution is 5.68. The maximum atomic E-state index is 12.8. The number of aromatic hydroxyl groups is 1. The largest absolute Gasteiger partial charge is 0.507 e. The highest BCUT2D eigenvalue weighted by atomic mass is 19.1. The third-order valence-corrected chi connectivity index (χ3v) is 2.09. The van der Waals surface area contributed by atoms with Crippen molar-refractivity contribution >= 4 is 5.95 Å². The van der Waals surface area contributed by atoms with E-state index in [1.54, 1.807) is 6.92 Å². The normalized spacial score (nSPS) is 10.4. The monoisotopic (exact) mass is 220 g/mol. The number of anilines is 1. The van der Waals surface area contributed by atoms with Gasteiger partial charge >= 0.3 is 0 Å². The number of nitrogens with two attached hydrogens (primary N) is 1. The molecule has 6 heteroatoms. The lowest BCUT2D eigenvalue weighted by molar-refractivity contribution is 0.470. The molecule has 1 aromatic carbocycles. The lowest BCUT2D eigenvalue weighted by Crippen LogP contribution is -2.02. The average Bonchev–Trinajstić information content (AvgIpc) is 2.19. The lowest BCUT2D eigenvalue weighted by atomic mass is 10.1. The molecule has 0 radical (unpaired) electrons. The van der Waals surface area contributed by atoms with Gasteiger partial charge in [-0.1, -0.05) is 0 Å². The first kappa shape index (κ1) is 10.3. The molecule has 2 aromatic rings. The molecule has 0 fully saturated rings. The van der Waals surface area contributed by atoms with E-state index in [0.29, 0.717) is 17.0 Å². The van der Waals surface area contributed by atoms with Gasteiger partial charge in [0.05, 0.1) is 5.69 Å². The highest BCUT2D eigenvalue weighted by Gasteiger charge is 2.11. The fourth-order valence-corrected chi connectivity index (χ4v) is 1.37. The van der Waals surface area contributed by atoms with Crippen molar-refractivity contribution in [2.45, 2.75) is 6.92 Å². The number of phenolic OH excluding ortho intramolecular Hbond substituents is 1. The van der Waals surface area contributed by atoms with Crippen molar-refractivity contribution in [3.63, 3.8) is 0 Å². The van der Waals surface area contributed by atoms with Crippen molar-refractivity contribution in [3.05, 3.63) is 29.7 Å². The first-order chi connectivity index (χ1) is 7.58. The summed E-state index contributed by atoms with van der Waals surface area (Å²) in [6.07, 6.45) is 0. The summed E-state index contributed by atoms with van der Waals surface area (Å²) >= 11 is 0. The molecule has 0 spiro atoms. The minimum atomic E-state index is -0.518. The number of benzene rings is 1. The van der Waals surface area contributed by atoms with Crippen LogP contribution in [0.5, 0.6) is 5.75 Å². The van der Waals surface area contributed by atoms with Crippen LogP contribution in [0.3, 0.4) is 0 Å². The van der Waals surface area contributed by atoms with Gasteiger partial charge < -0.3 is 10.8 Å². The van der Waals surface area contributed by atoms with E-state index in [2.05, 4.69) is 15.2 Å². The van der Waals surface area contributed by atoms with Crippen LogP contribution in [0.4, 0.5) is 10.3 Å². The second-order valence-electron chi connectivity index (χ2n) is 3.27. The van der Waals surface area contributed by atoms with E-state index in [9.17, 15) is 9.50 Å². The molecule has 0 amide bonds. The molecule has 0 saturated carbocycles. The van der Waals surface area contributed by atoms with Gasteiger partial charge in [0.15, 0.2) is 0 Å². The van der Waals surface area contributed by atoms with Gasteiger partial charge in [-0.2, -0.15) is 0 Å². The van der Waals surface area contributed by atoms with Gasteiger partial charge in [0.1, 0.15) is 17.3 Å². The summed E-state index contributed by atoms with van der Waals surface area (Å²) in [7, 11) is 0. The van der Waals surface area contributed by atoms with Crippen molar-refractivity contribution in [3.8, 4) is 17.0 Å². The van der Waals surface area contributed by atoms with E-state index in [4.69, 9.17) is 5.73 Å². The smallest absolute Gasteiger partial charge is 0.240 e. The molecule has 0 aliphatic rings. The summed E-state index contributed by atoms with van der Waals surface area (Å²) in [5.74, 6) is -0.665. The zero-order chi connectivity index (χ0) is 11.7. The molecule has 82 valence electrons. The quantitative estimate of drug-likeness (QED) is 0.756. The fourth-order valence-electron chi connectivity index (χ4n) is 1.37. The lowest BCUT2D eigenvalue weighted by Gasteiger charge is -2.05. The predicted octanol–water partition coefficient (Wildman–Crippen LogP) is 1.27. The minimum absolute atomic E-state index is 0.0582. The zero-order valence-corrected chi connectivity index (χ0v) is 8.48. The summed E-state index contributed by atoms with van der Waals surface area (Å²) in [5.41, 5.74) is 6.64. The van der Waals surface area contributed by atoms with Gasteiger partial charge in [-0.05, 0) is 19.1 Å². The van der Waals surface area contributed by atoms with Crippen molar-refractivity contribution in [2.24, 2.45) is 0 Å². The molecule has 1 heterocycles. The van der Waals surface area contributed by atoms with Gasteiger partial charge in [-0.25, -0.2) is 9.37 Å². The summed E-state index contributed by atoms with van der Waals surface area (Å²) < 4.78 is 12.8. The molecule has 2 rings (SSSR count). The number of rotatable bonds is 1. The number of nitrogen functional groups attached to an aromatic ring is 1. The molecular formula is C10H9FN4O. The van der Waals surface area contributed by atoms with Gasteiger partial charge in [0.25, 0.3) is 0 Å². The molecule has 0 saturated heterocycles. The molecule has 16 heavy (non-hydrogen) atoms. The van der Waals surface area contributed by atoms with E-state index in [0.717, 1.165) is 6.07 Å². The summed E-state index contributed by atoms with van der Waals surface area (Å²) in [6, 6.07) is 3.65.